The predicted molar refractivity (Wildman–Crippen MR) is 80.1 cm³/mol. The van der Waals surface area contributed by atoms with Crippen LogP contribution in [0.5, 0.6) is 0 Å². The predicted octanol–water partition coefficient (Wildman–Crippen LogP) is 5.73. The molecule has 0 unspecified atom stereocenters. The van der Waals surface area contributed by atoms with Gasteiger partial charge in [0.25, 0.3) is 0 Å². The average Bonchev–Trinajstić information content (AvgIpc) is 3.07. The summed E-state index contributed by atoms with van der Waals surface area (Å²) in [4.78, 5) is 0. The maximum atomic E-state index is 3.30. The molecule has 0 aromatic heterocycles. The van der Waals surface area contributed by atoms with Crippen LogP contribution in [0.1, 0.15) is 65.2 Å². The maximum absolute atomic E-state index is 3.30. The summed E-state index contributed by atoms with van der Waals surface area (Å²) in [6.45, 7) is 4.44. The third kappa shape index (κ3) is 9.38. The molecule has 104 valence electrons. The fourth-order valence-electron chi connectivity index (χ4n) is 1.98. The first-order valence-electron chi connectivity index (χ1n) is 7.39. The maximum Gasteiger partial charge on any atom is 0 e. The zero-order valence-electron chi connectivity index (χ0n) is 12.5. The first-order chi connectivity index (χ1) is 8.86. The van der Waals surface area contributed by atoms with Crippen LogP contribution in [-0.4, -0.2) is 0 Å². The van der Waals surface area contributed by atoms with Crippen LogP contribution in [0.25, 0.3) is 0 Å². The van der Waals surface area contributed by atoms with Gasteiger partial charge in [-0.3, -0.25) is 12.2 Å². The van der Waals surface area contributed by atoms with Gasteiger partial charge >= 0.3 is 0 Å². The van der Waals surface area contributed by atoms with Crippen molar-refractivity contribution in [3.63, 3.8) is 0 Å². The summed E-state index contributed by atoms with van der Waals surface area (Å²) in [5, 5.41) is 0. The van der Waals surface area contributed by atoms with E-state index >= 15 is 0 Å². The van der Waals surface area contributed by atoms with Gasteiger partial charge in [0.2, 0.25) is 0 Å². The van der Waals surface area contributed by atoms with Gasteiger partial charge in [-0.25, -0.2) is 23.3 Å². The molecule has 0 bridgehead atoms. The van der Waals surface area contributed by atoms with E-state index in [1.165, 1.54) is 49.7 Å². The molecule has 0 fully saturated rings. The van der Waals surface area contributed by atoms with E-state index in [9.17, 15) is 0 Å². The molecule has 2 aliphatic carbocycles. The molecule has 0 nitrogen and oxygen atoms in total. The molecule has 0 radical (unpaired) electrons. The fourth-order valence-corrected chi connectivity index (χ4v) is 1.98. The zero-order chi connectivity index (χ0) is 13.1. The van der Waals surface area contributed by atoms with E-state index in [2.05, 4.69) is 50.3 Å². The summed E-state index contributed by atoms with van der Waals surface area (Å²) in [6.07, 6.45) is 25.1. The third-order valence-corrected chi connectivity index (χ3v) is 3.13. The minimum Gasteiger partial charge on any atom is -0.269 e. The van der Waals surface area contributed by atoms with Gasteiger partial charge in [-0.05, 0) is 0 Å². The Labute approximate surface area is 138 Å². The third-order valence-electron chi connectivity index (χ3n) is 3.13. The first-order valence-corrected chi connectivity index (χ1v) is 7.39. The molecule has 0 aromatic carbocycles. The molecular weight excluding hydrogens is 395 g/mol. The van der Waals surface area contributed by atoms with Gasteiger partial charge in [-0.2, -0.15) is 12.2 Å². The van der Waals surface area contributed by atoms with Crippen LogP contribution in [0.4, 0.5) is 0 Å². The van der Waals surface area contributed by atoms with Crippen LogP contribution < -0.4 is 0 Å². The summed E-state index contributed by atoms with van der Waals surface area (Å²) in [5.41, 5.74) is 2.83. The van der Waals surface area contributed by atoms with E-state index in [0.717, 1.165) is 12.8 Å². The van der Waals surface area contributed by atoms with Crippen molar-refractivity contribution in [1.82, 2.24) is 0 Å². The Morgan fingerprint density at radius 3 is 1.53 bits per heavy atom. The molecule has 1 heteroatoms. The van der Waals surface area contributed by atoms with Crippen molar-refractivity contribution in [1.29, 1.82) is 0 Å². The number of unbranched alkanes of at least 4 members (excludes halogenated alkanes) is 2. The summed E-state index contributed by atoms with van der Waals surface area (Å²) < 4.78 is 0. The van der Waals surface area contributed by atoms with E-state index in [-0.39, 0.29) is 25.8 Å². The van der Waals surface area contributed by atoms with Crippen molar-refractivity contribution in [3.8, 4) is 0 Å². The Kier molecular flexibility index (Phi) is 12.7. The standard InChI is InChI=1S/2C9H13.Hf/c2*1-2-3-6-9-7-4-5-8-9;/h2*4,7H,2-3,5-6H2,1H3;/q2*-1;. The minimum absolute atomic E-state index is 0. The molecule has 0 aliphatic heterocycles. The molecule has 0 aromatic rings. The monoisotopic (exact) mass is 422 g/mol. The van der Waals surface area contributed by atoms with E-state index in [1.54, 1.807) is 0 Å². The van der Waals surface area contributed by atoms with Crippen LogP contribution >= 0.6 is 0 Å². The van der Waals surface area contributed by atoms with Gasteiger partial charge in [0, 0.05) is 25.8 Å². The molecule has 0 saturated heterocycles. The van der Waals surface area contributed by atoms with E-state index in [0.29, 0.717) is 0 Å². The Morgan fingerprint density at radius 2 is 1.26 bits per heavy atom. The Morgan fingerprint density at radius 1 is 0.842 bits per heavy atom. The van der Waals surface area contributed by atoms with Crippen molar-refractivity contribution < 1.29 is 25.8 Å². The molecule has 0 atom stereocenters. The zero-order valence-corrected chi connectivity index (χ0v) is 16.1. The number of rotatable bonds is 6. The van der Waals surface area contributed by atoms with Crippen molar-refractivity contribution in [2.24, 2.45) is 0 Å². The second kappa shape index (κ2) is 12.8. The SMILES string of the molecule is CCCCC1=[C-]CC=C1.CCCCC1=[C-]CC=C1.[Hf]. The first kappa shape index (κ1) is 18.8. The molecule has 0 spiro atoms. The van der Waals surface area contributed by atoms with Crippen molar-refractivity contribution in [3.05, 3.63) is 47.6 Å². The summed E-state index contributed by atoms with van der Waals surface area (Å²) in [5.74, 6) is 0. The molecule has 19 heavy (non-hydrogen) atoms. The Bertz CT molecular complexity index is 298. The number of allylic oxidation sites excluding steroid dienone is 8. The Hall–Kier alpha value is -0.170. The molecule has 2 aliphatic rings. The smallest absolute Gasteiger partial charge is 0 e. The van der Waals surface area contributed by atoms with Gasteiger partial charge in [-0.15, -0.1) is 12.8 Å². The van der Waals surface area contributed by atoms with Gasteiger partial charge in [0.1, 0.15) is 0 Å². The average molecular weight is 421 g/mol. The van der Waals surface area contributed by atoms with E-state index in [4.69, 9.17) is 0 Å². The van der Waals surface area contributed by atoms with E-state index < -0.39 is 0 Å². The normalized spacial score (nSPS) is 15.5. The molecular formula is C18H26Hf-2. The van der Waals surface area contributed by atoms with Crippen LogP contribution in [0.15, 0.2) is 35.5 Å². The van der Waals surface area contributed by atoms with Crippen molar-refractivity contribution in [2.75, 3.05) is 0 Å². The van der Waals surface area contributed by atoms with Gasteiger partial charge in [0.15, 0.2) is 0 Å². The molecule has 2 rings (SSSR count). The summed E-state index contributed by atoms with van der Waals surface area (Å²) in [6, 6.07) is 0. The van der Waals surface area contributed by atoms with Crippen LogP contribution in [0.2, 0.25) is 0 Å². The van der Waals surface area contributed by atoms with Crippen LogP contribution in [-0.2, 0) is 25.8 Å². The quantitative estimate of drug-likeness (QED) is 0.380. The van der Waals surface area contributed by atoms with Crippen LogP contribution in [0, 0.1) is 12.2 Å². The van der Waals surface area contributed by atoms with Gasteiger partial charge in [-0.1, -0.05) is 52.4 Å². The second-order valence-corrected chi connectivity index (χ2v) is 4.82. The molecule has 0 amide bonds. The van der Waals surface area contributed by atoms with Crippen molar-refractivity contribution in [2.45, 2.75) is 65.2 Å². The molecule has 0 saturated carbocycles. The van der Waals surface area contributed by atoms with Gasteiger partial charge in [0.05, 0.1) is 0 Å². The minimum atomic E-state index is 0. The second-order valence-electron chi connectivity index (χ2n) is 4.82. The number of hydrogen-bond acceptors (Lipinski definition) is 0. The van der Waals surface area contributed by atoms with Gasteiger partial charge < -0.3 is 0 Å². The fraction of sp³-hybridized carbons (Fsp3) is 0.556. The van der Waals surface area contributed by atoms with E-state index in [1.807, 2.05) is 0 Å². The molecule has 0 heterocycles. The number of hydrogen-bond donors (Lipinski definition) is 0. The topological polar surface area (TPSA) is 0 Å². The summed E-state index contributed by atoms with van der Waals surface area (Å²) in [7, 11) is 0. The Balaban J connectivity index is 0.000000324. The largest absolute Gasteiger partial charge is 0.269 e. The molecule has 0 N–H and O–H groups in total. The summed E-state index contributed by atoms with van der Waals surface area (Å²) >= 11 is 0. The van der Waals surface area contributed by atoms with Crippen molar-refractivity contribution >= 4 is 0 Å². The van der Waals surface area contributed by atoms with Crippen LogP contribution in [0.3, 0.4) is 0 Å².